The summed E-state index contributed by atoms with van der Waals surface area (Å²) in [4.78, 5) is 21.3. The van der Waals surface area contributed by atoms with Crippen molar-refractivity contribution in [2.75, 3.05) is 0 Å². The van der Waals surface area contributed by atoms with E-state index in [0.717, 1.165) is 17.0 Å². The van der Waals surface area contributed by atoms with Crippen LogP contribution in [-0.2, 0) is 33.6 Å². The number of imidazole rings is 1. The fraction of sp³-hybridized carbons (Fsp3) is 0.318. The minimum absolute atomic E-state index is 0.219. The lowest BCUT2D eigenvalue weighted by atomic mass is 9.67. The lowest BCUT2D eigenvalue weighted by Crippen LogP contribution is -2.41. The average Bonchev–Trinajstić information content (AvgIpc) is 3.31. The van der Waals surface area contributed by atoms with Crippen LogP contribution in [0.4, 0.5) is 0 Å². The molecular weight excluding hydrogens is 372 g/mol. The number of nitrogens with zero attached hydrogens (tertiary/aromatic N) is 1. The maximum atomic E-state index is 13.2. The minimum atomic E-state index is -0.836. The van der Waals surface area contributed by atoms with Gasteiger partial charge in [0.15, 0.2) is 0 Å². The number of carbonyl (C=O) groups is 1. The number of carbonyl (C=O) groups excluding carboxylic acids is 1. The van der Waals surface area contributed by atoms with E-state index in [4.69, 9.17) is 4.74 Å². The van der Waals surface area contributed by atoms with Crippen molar-refractivity contribution in [1.82, 2.24) is 9.97 Å². The summed E-state index contributed by atoms with van der Waals surface area (Å²) in [5.41, 5.74) is 1.30. The molecule has 3 unspecified atom stereocenters. The molecule has 28 heavy (non-hydrogen) atoms. The zero-order chi connectivity index (χ0) is 19.6. The SMILES string of the molecule is CC1=CC(=S=O)C(C2(Cc3ncc[nH]3)CC(Cc3ccccc3)OC2=O)C=C1. The van der Waals surface area contributed by atoms with Gasteiger partial charge in [-0.05, 0) is 18.6 Å². The van der Waals surface area contributed by atoms with Gasteiger partial charge >= 0.3 is 5.97 Å². The number of benzene rings is 1. The second kappa shape index (κ2) is 7.72. The molecule has 1 aliphatic carbocycles. The molecule has 0 bridgehead atoms. The Kier molecular flexibility index (Phi) is 5.13. The molecule has 3 atom stereocenters. The van der Waals surface area contributed by atoms with E-state index in [1.165, 1.54) is 0 Å². The van der Waals surface area contributed by atoms with Crippen LogP contribution in [0.15, 0.2) is 66.5 Å². The second-order valence-corrected chi connectivity index (χ2v) is 8.14. The van der Waals surface area contributed by atoms with Crippen LogP contribution in [0, 0.1) is 11.3 Å². The van der Waals surface area contributed by atoms with Gasteiger partial charge in [0.1, 0.15) is 11.9 Å². The molecule has 144 valence electrons. The number of cyclic esters (lactones) is 1. The molecule has 0 amide bonds. The number of ether oxygens (including phenoxy) is 1. The highest BCUT2D eigenvalue weighted by Crippen LogP contribution is 2.46. The summed E-state index contributed by atoms with van der Waals surface area (Å²) in [6.07, 6.45) is 10.7. The zero-order valence-corrected chi connectivity index (χ0v) is 16.4. The van der Waals surface area contributed by atoms with Crippen LogP contribution < -0.4 is 0 Å². The number of rotatable bonds is 5. The molecule has 5 nitrogen and oxygen atoms in total. The first-order chi connectivity index (χ1) is 13.6. The first-order valence-corrected chi connectivity index (χ1v) is 10.1. The smallest absolute Gasteiger partial charge is 0.313 e. The second-order valence-electron chi connectivity index (χ2n) is 7.50. The minimum Gasteiger partial charge on any atom is -0.462 e. The Morgan fingerprint density at radius 1 is 1.32 bits per heavy atom. The lowest BCUT2D eigenvalue weighted by molar-refractivity contribution is -0.149. The molecular formula is C22H22N2O3S. The Bertz CT molecular complexity index is 974. The molecule has 1 N–H and O–H groups in total. The Morgan fingerprint density at radius 2 is 2.14 bits per heavy atom. The third-order valence-electron chi connectivity index (χ3n) is 5.54. The van der Waals surface area contributed by atoms with Crippen molar-refractivity contribution in [2.45, 2.75) is 32.3 Å². The summed E-state index contributed by atoms with van der Waals surface area (Å²) in [6.45, 7) is 1.95. The van der Waals surface area contributed by atoms with Gasteiger partial charge in [0.2, 0.25) is 0 Å². The number of hydrogen-bond acceptors (Lipinski definition) is 4. The van der Waals surface area contributed by atoms with Gasteiger partial charge < -0.3 is 9.72 Å². The maximum absolute atomic E-state index is 13.2. The van der Waals surface area contributed by atoms with Gasteiger partial charge in [-0.3, -0.25) is 4.79 Å². The van der Waals surface area contributed by atoms with Crippen molar-refractivity contribution in [1.29, 1.82) is 0 Å². The van der Waals surface area contributed by atoms with Crippen molar-refractivity contribution in [3.8, 4) is 0 Å². The average molecular weight is 394 g/mol. The van der Waals surface area contributed by atoms with Gasteiger partial charge in [-0.25, -0.2) is 9.19 Å². The first-order valence-electron chi connectivity index (χ1n) is 9.37. The number of esters is 1. The molecule has 0 saturated carbocycles. The molecule has 0 radical (unpaired) electrons. The van der Waals surface area contributed by atoms with Gasteiger partial charge in [0.05, 0.1) is 21.5 Å². The fourth-order valence-corrected chi connectivity index (χ4v) is 4.87. The molecule has 0 spiro atoms. The highest BCUT2D eigenvalue weighted by Gasteiger charge is 2.55. The Labute approximate surface area is 167 Å². The van der Waals surface area contributed by atoms with Crippen LogP contribution in [0.3, 0.4) is 0 Å². The van der Waals surface area contributed by atoms with Crippen LogP contribution in [0.5, 0.6) is 0 Å². The molecule has 2 heterocycles. The van der Waals surface area contributed by atoms with Crippen LogP contribution in [0.2, 0.25) is 0 Å². The van der Waals surface area contributed by atoms with Crippen LogP contribution in [0.1, 0.15) is 24.7 Å². The number of aromatic amines is 1. The maximum Gasteiger partial charge on any atom is 0.313 e. The highest BCUT2D eigenvalue weighted by atomic mass is 32.1. The third kappa shape index (κ3) is 3.52. The molecule has 1 aromatic heterocycles. The molecule has 1 saturated heterocycles. The van der Waals surface area contributed by atoms with E-state index in [-0.39, 0.29) is 18.0 Å². The number of hydrogen-bond donors (Lipinski definition) is 1. The van der Waals surface area contributed by atoms with E-state index in [2.05, 4.69) is 9.97 Å². The molecule has 6 heteroatoms. The highest BCUT2D eigenvalue weighted by molar-refractivity contribution is 7.67. The number of H-pyrrole nitrogens is 1. The fourth-order valence-electron chi connectivity index (χ4n) is 4.23. The van der Waals surface area contributed by atoms with E-state index in [1.54, 1.807) is 12.4 Å². The van der Waals surface area contributed by atoms with Crippen molar-refractivity contribution in [3.05, 3.63) is 77.9 Å². The Hall–Kier alpha value is -2.73. The molecule has 1 aromatic carbocycles. The number of nitrogens with one attached hydrogen (secondary N) is 1. The summed E-state index contributed by atoms with van der Waals surface area (Å²) in [7, 11) is 0. The topological polar surface area (TPSA) is 72.1 Å². The Balaban J connectivity index is 1.69. The summed E-state index contributed by atoms with van der Waals surface area (Å²) < 4.78 is 17.7. The van der Waals surface area contributed by atoms with Crippen molar-refractivity contribution < 1.29 is 13.7 Å². The van der Waals surface area contributed by atoms with Gasteiger partial charge in [0, 0.05) is 37.6 Å². The number of aromatic nitrogens is 2. The van der Waals surface area contributed by atoms with Gasteiger partial charge in [0.25, 0.3) is 0 Å². The monoisotopic (exact) mass is 394 g/mol. The van der Waals surface area contributed by atoms with Crippen LogP contribution in [-0.4, -0.2) is 31.1 Å². The van der Waals surface area contributed by atoms with Crippen molar-refractivity contribution in [3.63, 3.8) is 0 Å². The van der Waals surface area contributed by atoms with E-state index in [1.807, 2.05) is 55.5 Å². The normalized spacial score (nSPS) is 26.8. The van der Waals surface area contributed by atoms with E-state index in [9.17, 15) is 9.00 Å². The molecule has 2 aromatic rings. The first kappa shape index (κ1) is 18.6. The Morgan fingerprint density at radius 3 is 2.86 bits per heavy atom. The predicted molar refractivity (Wildman–Crippen MR) is 109 cm³/mol. The van der Waals surface area contributed by atoms with Crippen molar-refractivity contribution >= 4 is 22.1 Å². The third-order valence-corrected chi connectivity index (χ3v) is 6.10. The van der Waals surface area contributed by atoms with E-state index in [0.29, 0.717) is 35.4 Å². The summed E-state index contributed by atoms with van der Waals surface area (Å²) in [6, 6.07) is 10.0. The lowest BCUT2D eigenvalue weighted by Gasteiger charge is -2.32. The van der Waals surface area contributed by atoms with E-state index < -0.39 is 5.41 Å². The van der Waals surface area contributed by atoms with Crippen LogP contribution >= 0.6 is 0 Å². The number of allylic oxidation sites excluding steroid dienone is 4. The van der Waals surface area contributed by atoms with Gasteiger partial charge in [-0.15, -0.1) is 0 Å². The summed E-state index contributed by atoms with van der Waals surface area (Å²) in [5.74, 6) is 0.170. The quantitative estimate of drug-likeness (QED) is 0.625. The van der Waals surface area contributed by atoms with E-state index >= 15 is 0 Å². The zero-order valence-electron chi connectivity index (χ0n) is 15.6. The predicted octanol–water partition coefficient (Wildman–Crippen LogP) is 3.01. The van der Waals surface area contributed by atoms with Crippen LogP contribution in [0.25, 0.3) is 0 Å². The van der Waals surface area contributed by atoms with Gasteiger partial charge in [-0.1, -0.05) is 48.1 Å². The molecule has 1 aliphatic heterocycles. The molecule has 1 fully saturated rings. The standard InChI is InChI=1S/C22H22N2O3S/c1-15-7-8-18(19(11-15)28-26)22(14-20-23-9-10-24-20)13-17(27-21(22)25)12-16-5-3-2-4-6-16/h2-11,17-18H,12-14H2,1H3,(H,23,24). The van der Waals surface area contributed by atoms with Gasteiger partial charge in [-0.2, -0.15) is 0 Å². The molecule has 4 rings (SSSR count). The summed E-state index contributed by atoms with van der Waals surface area (Å²) >= 11 is 0.463. The molecule has 2 aliphatic rings. The summed E-state index contributed by atoms with van der Waals surface area (Å²) in [5, 5.41) is 0. The van der Waals surface area contributed by atoms with Crippen molar-refractivity contribution in [2.24, 2.45) is 11.3 Å². The largest absolute Gasteiger partial charge is 0.462 e.